The number of amides is 1. The summed E-state index contributed by atoms with van der Waals surface area (Å²) in [6.07, 6.45) is -9.86. The molecule has 1 aliphatic heterocycles. The van der Waals surface area contributed by atoms with Crippen LogP contribution in [0.1, 0.15) is 86.7 Å². The number of likely N-dealkylation sites (N-methyl/N-ethyl adjacent to an activating group) is 1. The monoisotopic (exact) mass is 882 g/mol. The van der Waals surface area contributed by atoms with Crippen molar-refractivity contribution in [3.05, 3.63) is 119 Å². The highest BCUT2D eigenvalue weighted by Gasteiger charge is 2.82. The van der Waals surface area contributed by atoms with E-state index in [1.165, 1.54) is 33.0 Å². The summed E-state index contributed by atoms with van der Waals surface area (Å²) in [5.74, 6) is -7.04. The number of aliphatic hydroxyl groups excluding tert-OH is 2. The van der Waals surface area contributed by atoms with Gasteiger partial charge < -0.3 is 44.3 Å². The minimum absolute atomic E-state index is 0.0183. The van der Waals surface area contributed by atoms with Crippen molar-refractivity contribution in [2.75, 3.05) is 13.7 Å². The lowest BCUT2D eigenvalue weighted by Crippen LogP contribution is -2.88. The van der Waals surface area contributed by atoms with Gasteiger partial charge in [-0.2, -0.15) is 0 Å². The molecule has 0 radical (unpaired) electrons. The van der Waals surface area contributed by atoms with Crippen LogP contribution in [0.2, 0.25) is 0 Å². The number of Topliss-reactive ketones (excluding diaryl/α,β-unsaturated/α-hetero) is 1. The van der Waals surface area contributed by atoms with Crippen molar-refractivity contribution >= 4 is 35.6 Å². The summed E-state index contributed by atoms with van der Waals surface area (Å²) in [4.78, 5) is 84.2. The highest BCUT2D eigenvalue weighted by molar-refractivity contribution is 5.96. The van der Waals surface area contributed by atoms with E-state index in [0.29, 0.717) is 5.56 Å². The molecule has 2 saturated carbocycles. The van der Waals surface area contributed by atoms with Crippen molar-refractivity contribution in [3.8, 4) is 0 Å². The Morgan fingerprint density at radius 2 is 1.39 bits per heavy atom. The third-order valence-corrected chi connectivity index (χ3v) is 14.1. The Labute approximate surface area is 370 Å². The smallest absolute Gasteiger partial charge is 0.338 e. The second-order valence-corrected chi connectivity index (χ2v) is 17.8. The molecule has 0 spiro atoms. The quantitative estimate of drug-likeness (QED) is 0.106. The van der Waals surface area contributed by atoms with Crippen LogP contribution in [0, 0.1) is 16.7 Å². The molecule has 1 amide bonds. The van der Waals surface area contributed by atoms with Gasteiger partial charge in [-0.25, -0.2) is 9.59 Å². The molecule has 3 fully saturated rings. The Kier molecular flexibility index (Phi) is 12.3. The average Bonchev–Trinajstić information content (AvgIpc) is 3.26. The Hall–Kier alpha value is -5.78. The van der Waals surface area contributed by atoms with E-state index in [-0.39, 0.29) is 35.3 Å². The first-order valence-corrected chi connectivity index (χ1v) is 21.1. The maximum absolute atomic E-state index is 15.7. The SMILES string of the molecule is CN[C@@]12C[C@H](O)[C@@]3(C)C(=O)[C@H](OC(C)=O)C4=C(C)[C@@H](OC(=O)[C@H](O)[C@@H](NC(=O)c5ccccc5)c5ccccc5)C[C@@](O)([C@@H](OC(=O)c5ccccc5)[C@@H]3[C@]1(OC(C)=O)CO2)C4(C)C. The van der Waals surface area contributed by atoms with Crippen LogP contribution in [0.5, 0.6) is 0 Å². The minimum atomic E-state index is -2.44. The maximum atomic E-state index is 15.7. The lowest BCUT2D eigenvalue weighted by atomic mass is 9.43. The second-order valence-electron chi connectivity index (χ2n) is 17.8. The fourth-order valence-corrected chi connectivity index (χ4v) is 10.6. The van der Waals surface area contributed by atoms with E-state index in [1.54, 1.807) is 92.7 Å². The van der Waals surface area contributed by atoms with Crippen LogP contribution >= 0.6 is 0 Å². The molecule has 1 saturated heterocycles. The van der Waals surface area contributed by atoms with E-state index in [4.69, 9.17) is 23.7 Å². The molecule has 11 atom stereocenters. The first kappa shape index (κ1) is 46.2. The number of fused-ring (bicyclic) bond motifs is 5. The average molecular weight is 883 g/mol. The molecule has 4 aliphatic rings. The van der Waals surface area contributed by atoms with Crippen LogP contribution in [-0.2, 0) is 42.9 Å². The number of carbonyl (C=O) groups is 6. The van der Waals surface area contributed by atoms with E-state index in [9.17, 15) is 39.3 Å². The molecule has 7 rings (SSSR count). The summed E-state index contributed by atoms with van der Waals surface area (Å²) in [5.41, 5.74) is -9.07. The Morgan fingerprint density at radius 3 is 1.92 bits per heavy atom. The summed E-state index contributed by atoms with van der Waals surface area (Å²) < 4.78 is 30.8. The number of benzene rings is 3. The second kappa shape index (κ2) is 17.0. The number of ketones is 1. The summed E-state index contributed by atoms with van der Waals surface area (Å²) >= 11 is 0. The number of ether oxygens (including phenoxy) is 5. The summed E-state index contributed by atoms with van der Waals surface area (Å²) in [6, 6.07) is 22.9. The van der Waals surface area contributed by atoms with E-state index in [2.05, 4.69) is 10.6 Å². The zero-order valence-electron chi connectivity index (χ0n) is 36.7. The fourth-order valence-electron chi connectivity index (χ4n) is 10.6. The van der Waals surface area contributed by atoms with Crippen LogP contribution in [0.3, 0.4) is 0 Å². The molecule has 16 nitrogen and oxygen atoms in total. The summed E-state index contributed by atoms with van der Waals surface area (Å²) in [6.45, 7) is 7.86. The third-order valence-electron chi connectivity index (χ3n) is 14.1. The minimum Gasteiger partial charge on any atom is -0.456 e. The van der Waals surface area contributed by atoms with Crippen LogP contribution in [0.15, 0.2) is 102 Å². The number of carbonyl (C=O) groups excluding carboxylic acids is 6. The first-order valence-electron chi connectivity index (χ1n) is 21.1. The van der Waals surface area contributed by atoms with Gasteiger partial charge in [0.25, 0.3) is 5.91 Å². The predicted molar refractivity (Wildman–Crippen MR) is 226 cm³/mol. The number of rotatable bonds is 11. The van der Waals surface area contributed by atoms with Gasteiger partial charge in [0.2, 0.25) is 0 Å². The van der Waals surface area contributed by atoms with Gasteiger partial charge in [-0.05, 0) is 61.9 Å². The molecule has 64 heavy (non-hydrogen) atoms. The first-order chi connectivity index (χ1) is 30.2. The number of esters is 4. The number of hydrogen-bond donors (Lipinski definition) is 5. The van der Waals surface area contributed by atoms with Crippen molar-refractivity contribution in [1.29, 1.82) is 0 Å². The van der Waals surface area contributed by atoms with E-state index >= 15 is 4.79 Å². The topological polar surface area (TPSA) is 233 Å². The van der Waals surface area contributed by atoms with E-state index in [0.717, 1.165) is 13.8 Å². The highest BCUT2D eigenvalue weighted by Crippen LogP contribution is 2.66. The molecule has 3 aromatic carbocycles. The Morgan fingerprint density at radius 1 is 0.812 bits per heavy atom. The maximum Gasteiger partial charge on any atom is 0.338 e. The van der Waals surface area contributed by atoms with Crippen molar-refractivity contribution in [2.24, 2.45) is 16.7 Å². The molecular weight excluding hydrogens is 829 g/mol. The van der Waals surface area contributed by atoms with Gasteiger partial charge in [-0.3, -0.25) is 24.5 Å². The van der Waals surface area contributed by atoms with Gasteiger partial charge in [0.1, 0.15) is 17.8 Å². The van der Waals surface area contributed by atoms with E-state index in [1.807, 2.05) is 0 Å². The van der Waals surface area contributed by atoms with Gasteiger partial charge in [0, 0.05) is 37.7 Å². The van der Waals surface area contributed by atoms with Crippen LogP contribution < -0.4 is 10.6 Å². The fraction of sp³-hybridized carbons (Fsp3) is 0.458. The molecule has 0 aromatic heterocycles. The summed E-state index contributed by atoms with van der Waals surface area (Å²) in [5, 5.41) is 43.7. The van der Waals surface area contributed by atoms with Crippen LogP contribution in [0.4, 0.5) is 0 Å². The van der Waals surface area contributed by atoms with Crippen LogP contribution in [0.25, 0.3) is 0 Å². The standard InChI is InChI=1S/C48H54N2O14/c1-26-32(62-43(58)36(54)35(29-17-11-8-12-18-29)50-41(56)30-19-13-9-14-20-30)23-46(59)40(63-42(57)31-21-15-10-16-22-31)38-45(6,39(55)37(61-27(2)51)34(26)44(46,4)5)33(53)24-48(49-7)47(38,25-60-48)64-28(3)52/h8-22,32-33,35-38,40,49,53-54,59H,23-25H2,1-7H3,(H,50,56)/t32-,33-,35-,36+,37+,38-,40-,45+,46+,47+,48+/m0/s1. The zero-order chi connectivity index (χ0) is 46.6. The summed E-state index contributed by atoms with van der Waals surface area (Å²) in [7, 11) is 1.50. The highest BCUT2D eigenvalue weighted by atomic mass is 16.7. The number of aliphatic hydroxyl groups is 3. The van der Waals surface area contributed by atoms with Crippen molar-refractivity contribution in [1.82, 2.24) is 10.6 Å². The molecule has 3 aliphatic carbocycles. The van der Waals surface area contributed by atoms with Crippen LogP contribution in [-0.4, -0.2) is 112 Å². The van der Waals surface area contributed by atoms with Gasteiger partial charge in [-0.1, -0.05) is 80.6 Å². The zero-order valence-corrected chi connectivity index (χ0v) is 36.7. The van der Waals surface area contributed by atoms with Gasteiger partial charge in [-0.15, -0.1) is 0 Å². The molecule has 2 bridgehead atoms. The molecule has 3 aromatic rings. The number of nitrogens with one attached hydrogen (secondary N) is 2. The van der Waals surface area contributed by atoms with Gasteiger partial charge >= 0.3 is 23.9 Å². The normalized spacial score (nSPS) is 32.4. The molecule has 16 heteroatoms. The largest absolute Gasteiger partial charge is 0.456 e. The van der Waals surface area contributed by atoms with Crippen molar-refractivity contribution < 1.29 is 67.8 Å². The Bertz CT molecular complexity index is 2350. The van der Waals surface area contributed by atoms with Gasteiger partial charge in [0.05, 0.1) is 35.6 Å². The van der Waals surface area contributed by atoms with Crippen molar-refractivity contribution in [2.45, 2.75) is 108 Å². The molecule has 5 N–H and O–H groups in total. The molecule has 0 unspecified atom stereocenters. The molecule has 1 heterocycles. The van der Waals surface area contributed by atoms with Crippen molar-refractivity contribution in [3.63, 3.8) is 0 Å². The predicted octanol–water partition coefficient (Wildman–Crippen LogP) is 3.28. The Balaban J connectivity index is 1.41. The molecular formula is C48H54N2O14. The van der Waals surface area contributed by atoms with Gasteiger partial charge in [0.15, 0.2) is 29.3 Å². The molecule has 340 valence electrons. The number of hydrogen-bond acceptors (Lipinski definition) is 15. The third kappa shape index (κ3) is 7.30. The lowest BCUT2D eigenvalue weighted by molar-refractivity contribution is -0.396. The van der Waals surface area contributed by atoms with E-state index < -0.39 is 112 Å². The lowest BCUT2D eigenvalue weighted by Gasteiger charge is -2.71.